The van der Waals surface area contributed by atoms with Crippen molar-refractivity contribution in [2.24, 2.45) is 5.10 Å². The zero-order valence-electron chi connectivity index (χ0n) is 11.1. The summed E-state index contributed by atoms with van der Waals surface area (Å²) in [5.74, 6) is 0.292. The second-order valence-corrected chi connectivity index (χ2v) is 7.19. The van der Waals surface area contributed by atoms with Crippen LogP contribution in [0.2, 0.25) is 0 Å². The molecular formula is C14H12Br2N2O2S. The Balaban J connectivity index is 1.81. The van der Waals surface area contributed by atoms with Crippen LogP contribution in [0.15, 0.2) is 44.4 Å². The number of halogens is 2. The monoisotopic (exact) mass is 430 g/mol. The lowest BCUT2D eigenvalue weighted by Gasteiger charge is -2.07. The van der Waals surface area contributed by atoms with Gasteiger partial charge in [0.15, 0.2) is 6.61 Å². The minimum Gasteiger partial charge on any atom is -0.483 e. The molecule has 1 aromatic carbocycles. The van der Waals surface area contributed by atoms with E-state index in [4.69, 9.17) is 4.74 Å². The summed E-state index contributed by atoms with van der Waals surface area (Å²) in [5, 5.41) is 3.89. The number of hydrogen-bond acceptors (Lipinski definition) is 4. The minimum atomic E-state index is -0.311. The van der Waals surface area contributed by atoms with Crippen LogP contribution < -0.4 is 10.2 Å². The van der Waals surface area contributed by atoms with Crippen molar-refractivity contribution in [3.8, 4) is 5.75 Å². The number of rotatable bonds is 5. The maximum atomic E-state index is 11.6. The molecule has 0 radical (unpaired) electrons. The van der Waals surface area contributed by atoms with E-state index in [9.17, 15) is 4.79 Å². The van der Waals surface area contributed by atoms with Crippen LogP contribution in [-0.2, 0) is 4.79 Å². The second kappa shape index (κ2) is 7.72. The summed E-state index contributed by atoms with van der Waals surface area (Å²) in [5.41, 5.74) is 2.43. The number of nitrogens with one attached hydrogen (secondary N) is 1. The van der Waals surface area contributed by atoms with Crippen molar-refractivity contribution in [3.63, 3.8) is 0 Å². The summed E-state index contributed by atoms with van der Waals surface area (Å²) in [4.78, 5) is 13.8. The number of amides is 1. The molecule has 0 saturated carbocycles. The molecule has 1 heterocycles. The van der Waals surface area contributed by atoms with Crippen molar-refractivity contribution in [3.05, 3.63) is 49.0 Å². The van der Waals surface area contributed by atoms with Crippen LogP contribution in [0.5, 0.6) is 5.75 Å². The normalized spacial score (nSPS) is 10.8. The number of hydrogen-bond donors (Lipinski definition) is 1. The van der Waals surface area contributed by atoms with Crippen molar-refractivity contribution >= 4 is 55.3 Å². The van der Waals surface area contributed by atoms with E-state index in [2.05, 4.69) is 42.4 Å². The highest BCUT2D eigenvalue weighted by molar-refractivity contribution is 9.11. The molecule has 0 fully saturated rings. The van der Waals surface area contributed by atoms with Gasteiger partial charge in [-0.1, -0.05) is 15.9 Å². The average molecular weight is 432 g/mol. The van der Waals surface area contributed by atoms with Crippen LogP contribution >= 0.6 is 43.2 Å². The Kier molecular flexibility index (Phi) is 5.96. The molecule has 1 amide bonds. The van der Waals surface area contributed by atoms with Crippen LogP contribution in [0.4, 0.5) is 0 Å². The quantitative estimate of drug-likeness (QED) is 0.572. The Bertz CT molecular complexity index is 671. The summed E-state index contributed by atoms with van der Waals surface area (Å²) in [6.07, 6.45) is 1.62. The number of benzene rings is 1. The molecule has 0 aliphatic rings. The van der Waals surface area contributed by atoms with E-state index >= 15 is 0 Å². The van der Waals surface area contributed by atoms with Crippen LogP contribution in [-0.4, -0.2) is 18.7 Å². The highest BCUT2D eigenvalue weighted by atomic mass is 79.9. The van der Waals surface area contributed by atoms with Gasteiger partial charge >= 0.3 is 0 Å². The van der Waals surface area contributed by atoms with E-state index in [0.717, 1.165) is 13.8 Å². The Morgan fingerprint density at radius 1 is 1.38 bits per heavy atom. The van der Waals surface area contributed by atoms with E-state index < -0.39 is 0 Å². The molecule has 110 valence electrons. The summed E-state index contributed by atoms with van der Waals surface area (Å²) in [6, 6.07) is 9.42. The number of nitrogens with zero attached hydrogens (tertiary/aromatic N) is 1. The number of thiophene rings is 1. The van der Waals surface area contributed by atoms with E-state index in [1.807, 2.05) is 31.2 Å². The highest BCUT2D eigenvalue weighted by Gasteiger charge is 2.05. The van der Waals surface area contributed by atoms with Crippen molar-refractivity contribution in [2.75, 3.05) is 6.61 Å². The Morgan fingerprint density at radius 2 is 2.19 bits per heavy atom. The van der Waals surface area contributed by atoms with Gasteiger partial charge in [0, 0.05) is 14.2 Å². The number of ether oxygens (including phenoxy) is 1. The molecule has 21 heavy (non-hydrogen) atoms. The largest absolute Gasteiger partial charge is 0.483 e. The SMILES string of the molecule is Cc1ccc(/C=N/NC(=O)COc2ccc(Br)cc2Br)s1. The van der Waals surface area contributed by atoms with Gasteiger partial charge < -0.3 is 4.74 Å². The van der Waals surface area contributed by atoms with Gasteiger partial charge in [-0.05, 0) is 53.2 Å². The summed E-state index contributed by atoms with van der Waals surface area (Å²) in [7, 11) is 0. The third kappa shape index (κ3) is 5.26. The van der Waals surface area contributed by atoms with Crippen molar-refractivity contribution < 1.29 is 9.53 Å². The first-order valence-corrected chi connectivity index (χ1v) is 8.41. The molecule has 1 aromatic heterocycles. The minimum absolute atomic E-state index is 0.0962. The van der Waals surface area contributed by atoms with Crippen LogP contribution in [0.1, 0.15) is 9.75 Å². The number of hydrazone groups is 1. The van der Waals surface area contributed by atoms with E-state index in [0.29, 0.717) is 5.75 Å². The molecule has 1 N–H and O–H groups in total. The first-order valence-electron chi connectivity index (χ1n) is 6.01. The average Bonchev–Trinajstić information content (AvgIpc) is 2.83. The molecular weight excluding hydrogens is 420 g/mol. The molecule has 0 atom stereocenters. The molecule has 0 spiro atoms. The fourth-order valence-corrected chi connectivity index (χ4v) is 3.37. The molecule has 2 rings (SSSR count). The van der Waals surface area contributed by atoms with E-state index in [1.165, 1.54) is 4.88 Å². The van der Waals surface area contributed by atoms with Crippen molar-refractivity contribution in [1.29, 1.82) is 0 Å². The Morgan fingerprint density at radius 3 is 2.86 bits per heavy atom. The molecule has 0 aliphatic carbocycles. The van der Waals surface area contributed by atoms with Gasteiger partial charge in [0.05, 0.1) is 10.7 Å². The van der Waals surface area contributed by atoms with Gasteiger partial charge in [0.1, 0.15) is 5.75 Å². The molecule has 7 heteroatoms. The topological polar surface area (TPSA) is 50.7 Å². The third-order valence-electron chi connectivity index (χ3n) is 2.39. The molecule has 0 unspecified atom stereocenters. The smallest absolute Gasteiger partial charge is 0.277 e. The first-order chi connectivity index (χ1) is 10.0. The standard InChI is InChI=1S/C14H12Br2N2O2S/c1-9-2-4-11(21-9)7-17-18-14(19)8-20-13-5-3-10(15)6-12(13)16/h2-7H,8H2,1H3,(H,18,19)/b17-7+. The second-order valence-electron chi connectivity index (χ2n) is 4.11. The summed E-state index contributed by atoms with van der Waals surface area (Å²) < 4.78 is 7.12. The zero-order chi connectivity index (χ0) is 15.2. The third-order valence-corrected chi connectivity index (χ3v) is 4.44. The van der Waals surface area contributed by atoms with Gasteiger partial charge in [0.25, 0.3) is 5.91 Å². The molecule has 0 bridgehead atoms. The van der Waals surface area contributed by atoms with Gasteiger partial charge in [-0.2, -0.15) is 5.10 Å². The van der Waals surface area contributed by atoms with Crippen molar-refractivity contribution in [2.45, 2.75) is 6.92 Å². The van der Waals surface area contributed by atoms with Crippen molar-refractivity contribution in [1.82, 2.24) is 5.43 Å². The number of aryl methyl sites for hydroxylation is 1. The summed E-state index contributed by atoms with van der Waals surface area (Å²) >= 11 is 8.33. The predicted octanol–water partition coefficient (Wildman–Crippen LogP) is 4.11. The lowest BCUT2D eigenvalue weighted by atomic mass is 10.3. The summed E-state index contributed by atoms with van der Waals surface area (Å²) in [6.45, 7) is 1.92. The lowest BCUT2D eigenvalue weighted by molar-refractivity contribution is -0.123. The maximum absolute atomic E-state index is 11.6. The highest BCUT2D eigenvalue weighted by Crippen LogP contribution is 2.28. The van der Waals surface area contributed by atoms with Gasteiger partial charge in [-0.3, -0.25) is 4.79 Å². The molecule has 0 saturated heterocycles. The fraction of sp³-hybridized carbons (Fsp3) is 0.143. The van der Waals surface area contributed by atoms with E-state index in [-0.39, 0.29) is 12.5 Å². The van der Waals surface area contributed by atoms with Gasteiger partial charge in [0.2, 0.25) is 0 Å². The lowest BCUT2D eigenvalue weighted by Crippen LogP contribution is -2.24. The number of carbonyl (C=O) groups is 1. The Labute approximate surface area is 143 Å². The fourth-order valence-electron chi connectivity index (χ4n) is 1.46. The molecule has 2 aromatic rings. The zero-order valence-corrected chi connectivity index (χ0v) is 15.1. The predicted molar refractivity (Wildman–Crippen MR) is 92.1 cm³/mol. The van der Waals surface area contributed by atoms with E-state index in [1.54, 1.807) is 23.6 Å². The maximum Gasteiger partial charge on any atom is 0.277 e. The van der Waals surface area contributed by atoms with Gasteiger partial charge in [-0.25, -0.2) is 5.43 Å². The van der Waals surface area contributed by atoms with Crippen LogP contribution in [0.3, 0.4) is 0 Å². The van der Waals surface area contributed by atoms with Gasteiger partial charge in [-0.15, -0.1) is 11.3 Å². The van der Waals surface area contributed by atoms with Crippen LogP contribution in [0.25, 0.3) is 0 Å². The number of carbonyl (C=O) groups excluding carboxylic acids is 1. The molecule has 4 nitrogen and oxygen atoms in total. The van der Waals surface area contributed by atoms with Crippen LogP contribution in [0, 0.1) is 6.92 Å². The Hall–Kier alpha value is -1.18. The first kappa shape index (κ1) is 16.2. The molecule has 0 aliphatic heterocycles.